The minimum Gasteiger partial charge on any atom is -0.489 e. The third kappa shape index (κ3) is 4.49. The normalized spacial score (nSPS) is 10.7. The zero-order chi connectivity index (χ0) is 20.8. The Balaban J connectivity index is 1.71. The van der Waals surface area contributed by atoms with Crippen molar-refractivity contribution in [3.8, 4) is 16.9 Å². The second kappa shape index (κ2) is 9.23. The molecule has 0 atom stereocenters. The molecule has 30 heavy (non-hydrogen) atoms. The van der Waals surface area contributed by atoms with E-state index in [-0.39, 0.29) is 12.4 Å². The minimum absolute atomic E-state index is 0.177. The summed E-state index contributed by atoms with van der Waals surface area (Å²) in [5.74, 6) is 0.520. The van der Waals surface area contributed by atoms with Gasteiger partial charge < -0.3 is 9.47 Å². The van der Waals surface area contributed by atoms with Gasteiger partial charge in [-0.15, -0.1) is 0 Å². The van der Waals surface area contributed by atoms with Crippen molar-refractivity contribution < 1.29 is 14.3 Å². The number of pyridine rings is 1. The highest BCUT2D eigenvalue weighted by Gasteiger charge is 2.15. The number of benzene rings is 3. The van der Waals surface area contributed by atoms with Crippen LogP contribution in [0.25, 0.3) is 22.0 Å². The lowest BCUT2D eigenvalue weighted by molar-refractivity contribution is -0.142. The highest BCUT2D eigenvalue weighted by Crippen LogP contribution is 2.33. The Morgan fingerprint density at radius 1 is 0.933 bits per heavy atom. The highest BCUT2D eigenvalue weighted by molar-refractivity contribution is 5.97. The molecule has 4 aromatic rings. The van der Waals surface area contributed by atoms with Crippen LogP contribution in [0.2, 0.25) is 0 Å². The lowest BCUT2D eigenvalue weighted by atomic mass is 9.95. The molecule has 3 aromatic carbocycles. The fraction of sp³-hybridized carbons (Fsp3) is 0.154. The smallest absolute Gasteiger partial charge is 0.310 e. The number of esters is 1. The van der Waals surface area contributed by atoms with Gasteiger partial charge in [0.25, 0.3) is 0 Å². The zero-order valence-corrected chi connectivity index (χ0v) is 16.9. The summed E-state index contributed by atoms with van der Waals surface area (Å²) < 4.78 is 11.2. The van der Waals surface area contributed by atoms with Crippen molar-refractivity contribution in [3.05, 3.63) is 96.2 Å². The van der Waals surface area contributed by atoms with E-state index in [1.165, 1.54) is 0 Å². The van der Waals surface area contributed by atoms with E-state index in [1.54, 1.807) is 6.20 Å². The lowest BCUT2D eigenvalue weighted by Gasteiger charge is -2.14. The molecular formula is C26H23NO3. The van der Waals surface area contributed by atoms with Gasteiger partial charge in [0.1, 0.15) is 12.4 Å². The second-order valence-electron chi connectivity index (χ2n) is 6.96. The number of para-hydroxylation sites is 1. The maximum absolute atomic E-state index is 12.2. The highest BCUT2D eigenvalue weighted by atomic mass is 16.5. The number of ether oxygens (including phenoxy) is 2. The Morgan fingerprint density at radius 3 is 2.57 bits per heavy atom. The monoisotopic (exact) mass is 397 g/mol. The molecule has 150 valence electrons. The SMILES string of the molecule is CCOC(=O)Cc1cnc2ccccc2c1-c1cccc(OCc2ccccc2)c1. The summed E-state index contributed by atoms with van der Waals surface area (Å²) in [6.45, 7) is 2.67. The molecule has 0 N–H and O–H groups in total. The van der Waals surface area contributed by atoms with Crippen LogP contribution in [0, 0.1) is 0 Å². The zero-order valence-electron chi connectivity index (χ0n) is 16.9. The summed E-state index contributed by atoms with van der Waals surface area (Å²) >= 11 is 0. The maximum atomic E-state index is 12.2. The molecule has 0 unspecified atom stereocenters. The van der Waals surface area contributed by atoms with E-state index in [0.29, 0.717) is 13.2 Å². The molecule has 0 saturated carbocycles. The predicted molar refractivity (Wildman–Crippen MR) is 118 cm³/mol. The number of nitrogens with zero attached hydrogens (tertiary/aromatic N) is 1. The van der Waals surface area contributed by atoms with Gasteiger partial charge in [-0.3, -0.25) is 9.78 Å². The Bertz CT molecular complexity index is 1160. The van der Waals surface area contributed by atoms with Crippen LogP contribution in [-0.2, 0) is 22.6 Å². The molecule has 1 heterocycles. The van der Waals surface area contributed by atoms with Gasteiger partial charge in [0.2, 0.25) is 0 Å². The van der Waals surface area contributed by atoms with Crippen molar-refractivity contribution in [1.29, 1.82) is 0 Å². The van der Waals surface area contributed by atoms with Crippen LogP contribution in [0.3, 0.4) is 0 Å². The molecular weight excluding hydrogens is 374 g/mol. The van der Waals surface area contributed by atoms with Gasteiger partial charge in [0.15, 0.2) is 0 Å². The summed E-state index contributed by atoms with van der Waals surface area (Å²) in [5.41, 5.74) is 4.81. The van der Waals surface area contributed by atoms with Crippen LogP contribution in [0.5, 0.6) is 5.75 Å². The molecule has 0 radical (unpaired) electrons. The number of aromatic nitrogens is 1. The van der Waals surface area contributed by atoms with Crippen LogP contribution in [-0.4, -0.2) is 17.6 Å². The van der Waals surface area contributed by atoms with E-state index >= 15 is 0 Å². The number of hydrogen-bond acceptors (Lipinski definition) is 4. The molecule has 0 fully saturated rings. The first-order chi connectivity index (χ1) is 14.7. The van der Waals surface area contributed by atoms with E-state index in [9.17, 15) is 4.79 Å². The quantitative estimate of drug-likeness (QED) is 0.382. The molecule has 0 saturated heterocycles. The van der Waals surface area contributed by atoms with Crippen LogP contribution < -0.4 is 4.74 Å². The third-order valence-corrected chi connectivity index (χ3v) is 4.87. The van der Waals surface area contributed by atoms with Crippen LogP contribution in [0.15, 0.2) is 85.1 Å². The van der Waals surface area contributed by atoms with E-state index in [0.717, 1.165) is 38.9 Å². The molecule has 0 spiro atoms. The van der Waals surface area contributed by atoms with Gasteiger partial charge in [-0.25, -0.2) is 0 Å². The molecule has 4 nitrogen and oxygen atoms in total. The fourth-order valence-corrected chi connectivity index (χ4v) is 3.51. The molecule has 4 rings (SSSR count). The van der Waals surface area contributed by atoms with Crippen LogP contribution in [0.1, 0.15) is 18.1 Å². The first-order valence-corrected chi connectivity index (χ1v) is 10.0. The van der Waals surface area contributed by atoms with Gasteiger partial charge in [-0.05, 0) is 47.4 Å². The molecule has 0 bridgehead atoms. The molecule has 0 amide bonds. The summed E-state index contributed by atoms with van der Waals surface area (Å²) in [7, 11) is 0. The van der Waals surface area contributed by atoms with Crippen LogP contribution >= 0.6 is 0 Å². The first kappa shape index (κ1) is 19.6. The summed E-state index contributed by atoms with van der Waals surface area (Å²) in [6.07, 6.45) is 1.95. The Hall–Kier alpha value is -3.66. The predicted octanol–water partition coefficient (Wildman–Crippen LogP) is 5.59. The van der Waals surface area contributed by atoms with Crippen molar-refractivity contribution in [2.45, 2.75) is 20.0 Å². The van der Waals surface area contributed by atoms with Gasteiger partial charge in [0, 0.05) is 11.6 Å². The number of carbonyl (C=O) groups is 1. The second-order valence-corrected chi connectivity index (χ2v) is 6.96. The Morgan fingerprint density at radius 2 is 1.73 bits per heavy atom. The topological polar surface area (TPSA) is 48.4 Å². The average molecular weight is 397 g/mol. The lowest BCUT2D eigenvalue weighted by Crippen LogP contribution is -2.09. The van der Waals surface area contributed by atoms with Crippen molar-refractivity contribution in [1.82, 2.24) is 4.98 Å². The Kier molecular flexibility index (Phi) is 6.04. The molecule has 4 heteroatoms. The largest absolute Gasteiger partial charge is 0.489 e. The molecule has 0 aliphatic carbocycles. The molecule has 1 aromatic heterocycles. The van der Waals surface area contributed by atoms with Crippen molar-refractivity contribution >= 4 is 16.9 Å². The van der Waals surface area contributed by atoms with Crippen molar-refractivity contribution in [3.63, 3.8) is 0 Å². The van der Waals surface area contributed by atoms with E-state index in [4.69, 9.17) is 9.47 Å². The number of rotatable bonds is 7. The number of carbonyl (C=O) groups excluding carboxylic acids is 1. The average Bonchev–Trinajstić information content (AvgIpc) is 2.78. The van der Waals surface area contributed by atoms with E-state index < -0.39 is 0 Å². The van der Waals surface area contributed by atoms with Crippen molar-refractivity contribution in [2.24, 2.45) is 0 Å². The summed E-state index contributed by atoms with van der Waals surface area (Å²) in [5, 5.41) is 1.000. The van der Waals surface area contributed by atoms with Gasteiger partial charge >= 0.3 is 5.97 Å². The van der Waals surface area contributed by atoms with E-state index in [1.807, 2.05) is 85.8 Å². The van der Waals surface area contributed by atoms with Gasteiger partial charge in [0.05, 0.1) is 18.5 Å². The summed E-state index contributed by atoms with van der Waals surface area (Å²) in [6, 6.07) is 26.0. The maximum Gasteiger partial charge on any atom is 0.310 e. The molecule has 0 aliphatic heterocycles. The fourth-order valence-electron chi connectivity index (χ4n) is 3.51. The standard InChI is InChI=1S/C26H23NO3/c1-2-29-25(28)16-21-17-27-24-14-7-6-13-23(24)26(21)20-11-8-12-22(15-20)30-18-19-9-4-3-5-10-19/h3-15,17H,2,16,18H2,1H3. The van der Waals surface area contributed by atoms with Gasteiger partial charge in [-0.1, -0.05) is 60.7 Å². The first-order valence-electron chi connectivity index (χ1n) is 10.0. The van der Waals surface area contributed by atoms with Gasteiger partial charge in [-0.2, -0.15) is 0 Å². The van der Waals surface area contributed by atoms with E-state index in [2.05, 4.69) is 4.98 Å². The third-order valence-electron chi connectivity index (χ3n) is 4.87. The van der Waals surface area contributed by atoms with Crippen molar-refractivity contribution in [2.75, 3.05) is 6.61 Å². The number of fused-ring (bicyclic) bond motifs is 1. The molecule has 0 aliphatic rings. The van der Waals surface area contributed by atoms with Crippen LogP contribution in [0.4, 0.5) is 0 Å². The number of hydrogen-bond donors (Lipinski definition) is 0. The summed E-state index contributed by atoms with van der Waals surface area (Å²) in [4.78, 5) is 16.7. The Labute approximate surface area is 176 Å². The minimum atomic E-state index is -0.257.